The summed E-state index contributed by atoms with van der Waals surface area (Å²) in [5.74, 6) is 0.0757. The van der Waals surface area contributed by atoms with E-state index in [-0.39, 0.29) is 17.5 Å². The maximum absolute atomic E-state index is 11.8. The zero-order valence-electron chi connectivity index (χ0n) is 11.2. The molecular weight excluding hydrogens is 216 g/mol. The number of piperidine rings is 1. The Kier molecular flexibility index (Phi) is 3.73. The summed E-state index contributed by atoms with van der Waals surface area (Å²) < 4.78 is 5.40. The quantitative estimate of drug-likeness (QED) is 0.732. The summed E-state index contributed by atoms with van der Waals surface area (Å²) in [6, 6.07) is 0.676. The predicted molar refractivity (Wildman–Crippen MR) is 66.8 cm³/mol. The van der Waals surface area contributed by atoms with E-state index in [4.69, 9.17) is 4.74 Å². The minimum absolute atomic E-state index is 0.0253. The maximum Gasteiger partial charge on any atom is 0.312 e. The van der Waals surface area contributed by atoms with Crippen LogP contribution in [0, 0.1) is 5.92 Å². The van der Waals surface area contributed by atoms with Gasteiger partial charge in [0.05, 0.1) is 5.92 Å². The van der Waals surface area contributed by atoms with Crippen LogP contribution in [0.1, 0.15) is 33.6 Å². The van der Waals surface area contributed by atoms with Crippen molar-refractivity contribution in [2.24, 2.45) is 5.92 Å². The third-order valence-corrected chi connectivity index (χ3v) is 3.47. The SMILES string of the molecule is CC(C)(C)OC(=O)C1CN(C2CCNCC2)C1. The van der Waals surface area contributed by atoms with Gasteiger partial charge in [0.1, 0.15) is 5.60 Å². The number of rotatable bonds is 2. The van der Waals surface area contributed by atoms with E-state index >= 15 is 0 Å². The molecule has 2 fully saturated rings. The summed E-state index contributed by atoms with van der Waals surface area (Å²) in [7, 11) is 0. The van der Waals surface area contributed by atoms with Crippen molar-refractivity contribution in [2.75, 3.05) is 26.2 Å². The van der Waals surface area contributed by atoms with Crippen molar-refractivity contribution in [3.8, 4) is 0 Å². The van der Waals surface area contributed by atoms with Gasteiger partial charge in [-0.05, 0) is 46.7 Å². The van der Waals surface area contributed by atoms with Gasteiger partial charge >= 0.3 is 5.97 Å². The molecule has 2 saturated heterocycles. The van der Waals surface area contributed by atoms with Crippen LogP contribution in [0.4, 0.5) is 0 Å². The predicted octanol–water partition coefficient (Wildman–Crippen LogP) is 1.01. The Morgan fingerprint density at radius 3 is 2.35 bits per heavy atom. The highest BCUT2D eigenvalue weighted by atomic mass is 16.6. The Hall–Kier alpha value is -0.610. The van der Waals surface area contributed by atoms with Gasteiger partial charge in [-0.2, -0.15) is 0 Å². The number of carbonyl (C=O) groups excluding carboxylic acids is 1. The van der Waals surface area contributed by atoms with Gasteiger partial charge in [0.25, 0.3) is 0 Å². The number of hydrogen-bond acceptors (Lipinski definition) is 4. The zero-order chi connectivity index (χ0) is 12.5. The molecule has 0 saturated carbocycles. The van der Waals surface area contributed by atoms with E-state index in [0.717, 1.165) is 26.2 Å². The Bertz CT molecular complexity index is 274. The Morgan fingerprint density at radius 1 is 1.24 bits per heavy atom. The second-order valence-electron chi connectivity index (χ2n) is 6.17. The van der Waals surface area contributed by atoms with Crippen LogP contribution in [0.2, 0.25) is 0 Å². The van der Waals surface area contributed by atoms with Crippen LogP contribution in [0.5, 0.6) is 0 Å². The number of likely N-dealkylation sites (tertiary alicyclic amines) is 1. The first-order valence-electron chi connectivity index (χ1n) is 6.63. The molecule has 98 valence electrons. The average molecular weight is 240 g/mol. The summed E-state index contributed by atoms with van der Waals surface area (Å²) in [4.78, 5) is 14.2. The van der Waals surface area contributed by atoms with Gasteiger partial charge in [0, 0.05) is 19.1 Å². The molecule has 0 aromatic carbocycles. The van der Waals surface area contributed by atoms with Gasteiger partial charge < -0.3 is 10.1 Å². The number of hydrogen-bond donors (Lipinski definition) is 1. The van der Waals surface area contributed by atoms with Crippen molar-refractivity contribution in [1.29, 1.82) is 0 Å². The lowest BCUT2D eigenvalue weighted by molar-refractivity contribution is -0.167. The molecule has 2 rings (SSSR count). The molecule has 1 N–H and O–H groups in total. The van der Waals surface area contributed by atoms with Crippen molar-refractivity contribution in [1.82, 2.24) is 10.2 Å². The van der Waals surface area contributed by atoms with E-state index in [1.165, 1.54) is 12.8 Å². The molecule has 0 aliphatic carbocycles. The molecule has 2 heterocycles. The molecule has 2 aliphatic heterocycles. The molecule has 0 amide bonds. The van der Waals surface area contributed by atoms with E-state index in [0.29, 0.717) is 6.04 Å². The molecule has 0 bridgehead atoms. The standard InChI is InChI=1S/C13H24N2O2/c1-13(2,3)17-12(16)10-8-15(9-10)11-4-6-14-7-5-11/h10-11,14H,4-9H2,1-3H3. The number of ether oxygens (including phenoxy) is 1. The summed E-state index contributed by atoms with van der Waals surface area (Å²) in [5, 5.41) is 3.36. The molecule has 0 aromatic rings. The lowest BCUT2D eigenvalue weighted by Crippen LogP contribution is -2.57. The Morgan fingerprint density at radius 2 is 1.82 bits per heavy atom. The molecule has 17 heavy (non-hydrogen) atoms. The van der Waals surface area contributed by atoms with Crippen molar-refractivity contribution < 1.29 is 9.53 Å². The largest absolute Gasteiger partial charge is 0.460 e. The van der Waals surface area contributed by atoms with Crippen LogP contribution in [0.25, 0.3) is 0 Å². The van der Waals surface area contributed by atoms with Gasteiger partial charge in [0.2, 0.25) is 0 Å². The van der Waals surface area contributed by atoms with Crippen molar-refractivity contribution in [3.05, 3.63) is 0 Å². The van der Waals surface area contributed by atoms with Crippen molar-refractivity contribution in [2.45, 2.75) is 45.3 Å². The van der Waals surface area contributed by atoms with Crippen LogP contribution in [-0.2, 0) is 9.53 Å². The van der Waals surface area contributed by atoms with Gasteiger partial charge in [-0.15, -0.1) is 0 Å². The highest BCUT2D eigenvalue weighted by Crippen LogP contribution is 2.25. The van der Waals surface area contributed by atoms with Crippen LogP contribution in [0.15, 0.2) is 0 Å². The molecular formula is C13H24N2O2. The van der Waals surface area contributed by atoms with Crippen LogP contribution >= 0.6 is 0 Å². The monoisotopic (exact) mass is 240 g/mol. The van der Waals surface area contributed by atoms with Crippen molar-refractivity contribution >= 4 is 5.97 Å². The lowest BCUT2D eigenvalue weighted by Gasteiger charge is -2.45. The zero-order valence-corrected chi connectivity index (χ0v) is 11.2. The van der Waals surface area contributed by atoms with E-state index in [1.54, 1.807) is 0 Å². The van der Waals surface area contributed by atoms with E-state index in [9.17, 15) is 4.79 Å². The number of carbonyl (C=O) groups is 1. The topological polar surface area (TPSA) is 41.6 Å². The molecule has 4 heteroatoms. The second kappa shape index (κ2) is 4.94. The molecule has 0 aromatic heterocycles. The van der Waals surface area contributed by atoms with Crippen molar-refractivity contribution in [3.63, 3.8) is 0 Å². The Labute approximate surface area is 104 Å². The molecule has 0 unspecified atom stereocenters. The average Bonchev–Trinajstić information content (AvgIpc) is 2.14. The minimum atomic E-state index is -0.355. The van der Waals surface area contributed by atoms with E-state index in [2.05, 4.69) is 10.2 Å². The smallest absolute Gasteiger partial charge is 0.312 e. The van der Waals surface area contributed by atoms with E-state index in [1.807, 2.05) is 20.8 Å². The van der Waals surface area contributed by atoms with E-state index < -0.39 is 0 Å². The maximum atomic E-state index is 11.8. The molecule has 0 atom stereocenters. The van der Waals surface area contributed by atoms with Crippen LogP contribution < -0.4 is 5.32 Å². The van der Waals surface area contributed by atoms with Crippen LogP contribution in [-0.4, -0.2) is 48.7 Å². The fourth-order valence-corrected chi connectivity index (χ4v) is 2.52. The third kappa shape index (κ3) is 3.42. The van der Waals surface area contributed by atoms with Gasteiger partial charge in [-0.25, -0.2) is 0 Å². The molecule has 0 radical (unpaired) electrons. The highest BCUT2D eigenvalue weighted by molar-refractivity contribution is 5.74. The van der Waals surface area contributed by atoms with Gasteiger partial charge in [-0.1, -0.05) is 0 Å². The highest BCUT2D eigenvalue weighted by Gasteiger charge is 2.38. The number of nitrogens with zero attached hydrogens (tertiary/aromatic N) is 1. The first kappa shape index (κ1) is 12.8. The summed E-state index contributed by atoms with van der Waals surface area (Å²) in [5.41, 5.74) is -0.355. The Balaban J connectivity index is 1.72. The third-order valence-electron chi connectivity index (χ3n) is 3.47. The van der Waals surface area contributed by atoms with Gasteiger partial charge in [-0.3, -0.25) is 9.69 Å². The lowest BCUT2D eigenvalue weighted by atomic mass is 9.93. The summed E-state index contributed by atoms with van der Waals surface area (Å²) in [6.07, 6.45) is 2.42. The molecule has 0 spiro atoms. The van der Waals surface area contributed by atoms with Gasteiger partial charge in [0.15, 0.2) is 0 Å². The van der Waals surface area contributed by atoms with Crippen LogP contribution in [0.3, 0.4) is 0 Å². The second-order valence-corrected chi connectivity index (χ2v) is 6.17. The fraction of sp³-hybridized carbons (Fsp3) is 0.923. The first-order valence-corrected chi connectivity index (χ1v) is 6.63. The fourth-order valence-electron chi connectivity index (χ4n) is 2.52. The first-order chi connectivity index (χ1) is 7.96. The number of esters is 1. The molecule has 2 aliphatic rings. The normalized spacial score (nSPS) is 24.4. The summed E-state index contributed by atoms with van der Waals surface area (Å²) in [6.45, 7) is 9.77. The summed E-state index contributed by atoms with van der Waals surface area (Å²) >= 11 is 0. The minimum Gasteiger partial charge on any atom is -0.460 e. The number of nitrogens with one attached hydrogen (secondary N) is 1. The molecule has 4 nitrogen and oxygen atoms in total.